The number of amidine groups is 1. The number of aliphatic imine (C=N–C) groups is 1. The van der Waals surface area contributed by atoms with Crippen LogP contribution in [0, 0.1) is 0 Å². The Morgan fingerprint density at radius 3 is 2.64 bits per heavy atom. The second-order valence-corrected chi connectivity index (χ2v) is 3.94. The van der Waals surface area contributed by atoms with Crippen LogP contribution in [-0.4, -0.2) is 54.3 Å². The van der Waals surface area contributed by atoms with E-state index in [1.54, 1.807) is 0 Å². The molecule has 1 saturated heterocycles. The number of carbonyl (C=O) groups is 1. The molecule has 78 valence electrons. The maximum atomic E-state index is 11.8. The Morgan fingerprint density at radius 1 is 1.36 bits per heavy atom. The van der Waals surface area contributed by atoms with Gasteiger partial charge in [0.2, 0.25) is 5.91 Å². The highest BCUT2D eigenvalue weighted by Gasteiger charge is 2.22. The lowest BCUT2D eigenvalue weighted by molar-refractivity contribution is -0.130. The lowest BCUT2D eigenvalue weighted by atomic mass is 10.4. The molecule has 2 rings (SSSR count). The molecule has 1 fully saturated rings. The molecule has 0 unspecified atom stereocenters. The van der Waals surface area contributed by atoms with Gasteiger partial charge in [-0.1, -0.05) is 0 Å². The zero-order chi connectivity index (χ0) is 9.97. The van der Waals surface area contributed by atoms with Gasteiger partial charge in [0, 0.05) is 19.6 Å². The highest BCUT2D eigenvalue weighted by molar-refractivity contribution is 5.87. The third-order valence-corrected chi connectivity index (χ3v) is 2.95. The predicted octanol–water partition coefficient (Wildman–Crippen LogP) is 0.343. The number of carbonyl (C=O) groups excluding carboxylic acids is 1. The molecule has 0 aromatic carbocycles. The van der Waals surface area contributed by atoms with Gasteiger partial charge in [-0.2, -0.15) is 0 Å². The maximum absolute atomic E-state index is 11.8. The van der Waals surface area contributed by atoms with Gasteiger partial charge < -0.3 is 9.80 Å². The zero-order valence-corrected chi connectivity index (χ0v) is 8.70. The molecule has 0 N–H and O–H groups in total. The van der Waals surface area contributed by atoms with E-state index in [9.17, 15) is 4.79 Å². The summed E-state index contributed by atoms with van der Waals surface area (Å²) in [6.07, 6.45) is 2.33. The zero-order valence-electron chi connectivity index (χ0n) is 8.70. The van der Waals surface area contributed by atoms with Crippen LogP contribution in [0.1, 0.15) is 19.8 Å². The Morgan fingerprint density at radius 2 is 2.07 bits per heavy atom. The smallest absolute Gasteiger partial charge is 0.242 e. The van der Waals surface area contributed by atoms with Crippen LogP contribution in [0.5, 0.6) is 0 Å². The number of hydrogen-bond donors (Lipinski definition) is 0. The minimum Gasteiger partial charge on any atom is -0.349 e. The first-order valence-electron chi connectivity index (χ1n) is 5.31. The van der Waals surface area contributed by atoms with Crippen LogP contribution < -0.4 is 0 Å². The van der Waals surface area contributed by atoms with Crippen molar-refractivity contribution in [2.75, 3.05) is 32.7 Å². The van der Waals surface area contributed by atoms with Gasteiger partial charge in [0.05, 0.1) is 18.9 Å². The summed E-state index contributed by atoms with van der Waals surface area (Å²) in [5.41, 5.74) is 0. The minimum absolute atomic E-state index is 0.263. The van der Waals surface area contributed by atoms with E-state index in [0.717, 1.165) is 32.0 Å². The van der Waals surface area contributed by atoms with Crippen molar-refractivity contribution in [2.45, 2.75) is 19.8 Å². The van der Waals surface area contributed by atoms with Crippen molar-refractivity contribution >= 4 is 11.7 Å². The molecule has 0 bridgehead atoms. The average molecular weight is 195 g/mol. The van der Waals surface area contributed by atoms with Gasteiger partial charge in [0.1, 0.15) is 0 Å². The monoisotopic (exact) mass is 195 g/mol. The molecular formula is C10H17N3O. The number of likely N-dealkylation sites (tertiary alicyclic amines) is 1. The SMILES string of the molecule is CC1=NCCN1CC(=O)N1CCCC1. The molecular weight excluding hydrogens is 178 g/mol. The molecule has 14 heavy (non-hydrogen) atoms. The number of nitrogens with zero attached hydrogens (tertiary/aromatic N) is 3. The van der Waals surface area contributed by atoms with Crippen molar-refractivity contribution in [3.63, 3.8) is 0 Å². The van der Waals surface area contributed by atoms with Gasteiger partial charge >= 0.3 is 0 Å². The summed E-state index contributed by atoms with van der Waals surface area (Å²) in [5, 5.41) is 0. The lowest BCUT2D eigenvalue weighted by Crippen LogP contribution is -2.39. The van der Waals surface area contributed by atoms with E-state index in [1.807, 2.05) is 11.8 Å². The van der Waals surface area contributed by atoms with Crippen molar-refractivity contribution in [3.05, 3.63) is 0 Å². The molecule has 4 nitrogen and oxygen atoms in total. The van der Waals surface area contributed by atoms with Crippen LogP contribution in [0.15, 0.2) is 4.99 Å². The van der Waals surface area contributed by atoms with E-state index < -0.39 is 0 Å². The van der Waals surface area contributed by atoms with Gasteiger partial charge in [-0.05, 0) is 19.8 Å². The second kappa shape index (κ2) is 3.98. The maximum Gasteiger partial charge on any atom is 0.242 e. The van der Waals surface area contributed by atoms with Crippen LogP contribution in [0.4, 0.5) is 0 Å². The Kier molecular flexibility index (Phi) is 2.70. The van der Waals surface area contributed by atoms with Crippen molar-refractivity contribution in [1.29, 1.82) is 0 Å². The minimum atomic E-state index is 0.263. The highest BCUT2D eigenvalue weighted by atomic mass is 16.2. The summed E-state index contributed by atoms with van der Waals surface area (Å²) in [4.78, 5) is 20.1. The fourth-order valence-electron chi connectivity index (χ4n) is 2.02. The fourth-order valence-corrected chi connectivity index (χ4v) is 2.02. The van der Waals surface area contributed by atoms with Crippen LogP contribution in [0.2, 0.25) is 0 Å². The normalized spacial score (nSPS) is 21.6. The molecule has 2 aliphatic rings. The van der Waals surface area contributed by atoms with Crippen molar-refractivity contribution in [1.82, 2.24) is 9.80 Å². The van der Waals surface area contributed by atoms with Gasteiger partial charge in [-0.15, -0.1) is 0 Å². The Labute approximate surface area is 84.6 Å². The van der Waals surface area contributed by atoms with Crippen LogP contribution >= 0.6 is 0 Å². The van der Waals surface area contributed by atoms with E-state index in [4.69, 9.17) is 0 Å². The van der Waals surface area contributed by atoms with Crippen LogP contribution in [-0.2, 0) is 4.79 Å². The average Bonchev–Trinajstić information content (AvgIpc) is 2.77. The molecule has 0 saturated carbocycles. The quantitative estimate of drug-likeness (QED) is 0.637. The third kappa shape index (κ3) is 1.89. The summed E-state index contributed by atoms with van der Waals surface area (Å²) in [6.45, 7) is 6.15. The first-order chi connectivity index (χ1) is 6.77. The Balaban J connectivity index is 1.84. The van der Waals surface area contributed by atoms with Crippen molar-refractivity contribution < 1.29 is 4.79 Å². The van der Waals surface area contributed by atoms with E-state index in [0.29, 0.717) is 6.54 Å². The van der Waals surface area contributed by atoms with Crippen molar-refractivity contribution in [3.8, 4) is 0 Å². The van der Waals surface area contributed by atoms with E-state index >= 15 is 0 Å². The molecule has 2 aliphatic heterocycles. The Bertz CT molecular complexity index is 256. The third-order valence-electron chi connectivity index (χ3n) is 2.95. The van der Waals surface area contributed by atoms with Gasteiger partial charge in [-0.25, -0.2) is 0 Å². The second-order valence-electron chi connectivity index (χ2n) is 3.94. The summed E-state index contributed by atoms with van der Waals surface area (Å²) >= 11 is 0. The molecule has 0 aromatic rings. The van der Waals surface area contributed by atoms with E-state index in [-0.39, 0.29) is 5.91 Å². The summed E-state index contributed by atoms with van der Waals surface area (Å²) in [5.74, 6) is 1.27. The summed E-state index contributed by atoms with van der Waals surface area (Å²) < 4.78 is 0. The first-order valence-corrected chi connectivity index (χ1v) is 5.31. The molecule has 0 radical (unpaired) electrons. The van der Waals surface area contributed by atoms with Gasteiger partial charge in [0.15, 0.2) is 0 Å². The number of rotatable bonds is 2. The molecule has 4 heteroatoms. The molecule has 0 spiro atoms. The van der Waals surface area contributed by atoms with Crippen LogP contribution in [0.3, 0.4) is 0 Å². The molecule has 0 aromatic heterocycles. The molecule has 2 heterocycles. The summed E-state index contributed by atoms with van der Waals surface area (Å²) in [7, 11) is 0. The van der Waals surface area contributed by atoms with Gasteiger partial charge in [0.25, 0.3) is 0 Å². The first kappa shape index (κ1) is 9.49. The molecule has 0 atom stereocenters. The standard InChI is InChI=1S/C10H17N3O/c1-9-11-4-7-13(9)8-10(14)12-5-2-3-6-12/h2-8H2,1H3. The van der Waals surface area contributed by atoms with Crippen molar-refractivity contribution in [2.24, 2.45) is 4.99 Å². The summed E-state index contributed by atoms with van der Waals surface area (Å²) in [6, 6.07) is 0. The number of hydrogen-bond acceptors (Lipinski definition) is 3. The van der Waals surface area contributed by atoms with Crippen LogP contribution in [0.25, 0.3) is 0 Å². The lowest BCUT2D eigenvalue weighted by Gasteiger charge is -2.21. The molecule has 1 amide bonds. The Hall–Kier alpha value is -1.06. The number of amides is 1. The van der Waals surface area contributed by atoms with E-state index in [1.165, 1.54) is 12.8 Å². The fraction of sp³-hybridized carbons (Fsp3) is 0.800. The molecule has 0 aliphatic carbocycles. The van der Waals surface area contributed by atoms with E-state index in [2.05, 4.69) is 9.89 Å². The largest absolute Gasteiger partial charge is 0.349 e. The highest BCUT2D eigenvalue weighted by Crippen LogP contribution is 2.09. The predicted molar refractivity (Wildman–Crippen MR) is 55.4 cm³/mol. The topological polar surface area (TPSA) is 35.9 Å². The van der Waals surface area contributed by atoms with Gasteiger partial charge in [-0.3, -0.25) is 9.79 Å².